The van der Waals surface area contributed by atoms with Crippen molar-refractivity contribution in [2.24, 2.45) is 0 Å². The summed E-state index contributed by atoms with van der Waals surface area (Å²) in [6.07, 6.45) is 5.68. The lowest BCUT2D eigenvalue weighted by atomic mass is 10.0. The van der Waals surface area contributed by atoms with Gasteiger partial charge in [-0.1, -0.05) is 72.8 Å². The molecule has 158 valence electrons. The average Bonchev–Trinajstić information content (AvgIpc) is 3.21. The molecule has 0 saturated carbocycles. The molecule has 31 heavy (non-hydrogen) atoms. The molecule has 0 aromatic heterocycles. The summed E-state index contributed by atoms with van der Waals surface area (Å²) < 4.78 is 5.29. The molecular formula is C26H25NO4. The van der Waals surface area contributed by atoms with Crippen LogP contribution in [0.15, 0.2) is 91.1 Å². The summed E-state index contributed by atoms with van der Waals surface area (Å²) in [4.78, 5) is 16.7. The van der Waals surface area contributed by atoms with E-state index in [4.69, 9.17) is 14.7 Å². The molecular weight excluding hydrogens is 390 g/mol. The van der Waals surface area contributed by atoms with Crippen LogP contribution in [0.5, 0.6) is 5.75 Å². The Hall–Kier alpha value is -3.57. The Morgan fingerprint density at radius 2 is 1.71 bits per heavy atom. The Bertz CT molecular complexity index is 994. The number of aliphatic carboxylic acids is 1. The van der Waals surface area contributed by atoms with Crippen LogP contribution >= 0.6 is 0 Å². The monoisotopic (exact) mass is 415 g/mol. The zero-order chi connectivity index (χ0) is 21.5. The van der Waals surface area contributed by atoms with Gasteiger partial charge in [-0.3, -0.25) is 10.3 Å². The number of hydroxylamine groups is 1. The zero-order valence-corrected chi connectivity index (χ0v) is 17.1. The molecule has 3 aromatic rings. The summed E-state index contributed by atoms with van der Waals surface area (Å²) in [5, 5.41) is 8.76. The summed E-state index contributed by atoms with van der Waals surface area (Å²) in [6.45, 7) is -0.326. The van der Waals surface area contributed by atoms with E-state index < -0.39 is 5.97 Å². The number of rotatable bonds is 9. The lowest BCUT2D eigenvalue weighted by Crippen LogP contribution is -2.14. The highest BCUT2D eigenvalue weighted by Gasteiger charge is 2.21. The summed E-state index contributed by atoms with van der Waals surface area (Å²) in [5.74, 6) is -0.0935. The van der Waals surface area contributed by atoms with Gasteiger partial charge in [-0.15, -0.1) is 0 Å². The summed E-state index contributed by atoms with van der Waals surface area (Å²) in [6, 6.07) is 26.0. The topological polar surface area (TPSA) is 67.8 Å². The zero-order valence-electron chi connectivity index (χ0n) is 17.1. The van der Waals surface area contributed by atoms with Crippen molar-refractivity contribution in [2.75, 3.05) is 6.61 Å². The number of nitrogens with one attached hydrogen (secondary N) is 1. The number of hydrogen-bond donors (Lipinski definition) is 2. The van der Waals surface area contributed by atoms with E-state index in [0.29, 0.717) is 5.75 Å². The maximum atomic E-state index is 10.7. The van der Waals surface area contributed by atoms with Crippen LogP contribution in [0.2, 0.25) is 0 Å². The first-order valence-corrected chi connectivity index (χ1v) is 10.4. The number of aryl methyl sites for hydroxylation is 1. The number of carbonyl (C=O) groups is 1. The second-order valence-electron chi connectivity index (χ2n) is 7.48. The van der Waals surface area contributed by atoms with Crippen molar-refractivity contribution < 1.29 is 19.5 Å². The van der Waals surface area contributed by atoms with Gasteiger partial charge >= 0.3 is 5.97 Å². The molecule has 0 spiro atoms. The Balaban J connectivity index is 1.39. The van der Waals surface area contributed by atoms with Crippen LogP contribution in [0.4, 0.5) is 0 Å². The van der Waals surface area contributed by atoms with E-state index in [0.717, 1.165) is 24.0 Å². The molecule has 0 heterocycles. The number of ether oxygens (including phenoxy) is 1. The molecule has 5 nitrogen and oxygen atoms in total. The molecule has 0 saturated heterocycles. The van der Waals surface area contributed by atoms with Crippen molar-refractivity contribution >= 4 is 5.97 Å². The normalized spacial score (nSPS) is 15.2. The van der Waals surface area contributed by atoms with Crippen LogP contribution < -0.4 is 10.2 Å². The maximum absolute atomic E-state index is 10.7. The Labute approximate surface area is 181 Å². The van der Waals surface area contributed by atoms with Crippen LogP contribution in [0.25, 0.3) is 0 Å². The fourth-order valence-electron chi connectivity index (χ4n) is 3.91. The predicted octanol–water partition coefficient (Wildman–Crippen LogP) is 5.00. The molecule has 1 atom stereocenters. The Morgan fingerprint density at radius 1 is 1.03 bits per heavy atom. The highest BCUT2D eigenvalue weighted by Crippen LogP contribution is 2.36. The molecule has 0 fully saturated rings. The third-order valence-electron chi connectivity index (χ3n) is 5.39. The molecule has 0 aliphatic heterocycles. The van der Waals surface area contributed by atoms with E-state index in [1.54, 1.807) is 0 Å². The minimum absolute atomic E-state index is 0.211. The second-order valence-corrected chi connectivity index (χ2v) is 7.48. The summed E-state index contributed by atoms with van der Waals surface area (Å²) >= 11 is 0. The van der Waals surface area contributed by atoms with E-state index in [2.05, 4.69) is 35.8 Å². The van der Waals surface area contributed by atoms with Gasteiger partial charge in [0.15, 0.2) is 6.61 Å². The predicted molar refractivity (Wildman–Crippen MR) is 119 cm³/mol. The van der Waals surface area contributed by atoms with Crippen molar-refractivity contribution in [2.45, 2.75) is 24.9 Å². The lowest BCUT2D eigenvalue weighted by molar-refractivity contribution is -0.139. The quantitative estimate of drug-likeness (QED) is 0.481. The van der Waals surface area contributed by atoms with Gasteiger partial charge in [-0.05, 0) is 47.2 Å². The standard InChI is InChI=1S/C26H25NO4/c28-25(29)18-30-23-13-14-24-19(11-12-22(24)17-23)15-16-27-31-26(20-7-3-1-4-8-20)21-9-5-2-6-10-21/h1-10,13-17,19,26-27H,11-12,18H2,(H,28,29). The molecule has 4 rings (SSSR count). The Morgan fingerprint density at radius 3 is 2.35 bits per heavy atom. The van der Waals surface area contributed by atoms with Crippen LogP contribution in [0, 0.1) is 0 Å². The molecule has 0 amide bonds. The molecule has 5 heteroatoms. The molecule has 3 aromatic carbocycles. The number of carboxylic acid groups (broad SMARTS) is 1. The average molecular weight is 415 g/mol. The highest BCUT2D eigenvalue weighted by atomic mass is 16.7. The van der Waals surface area contributed by atoms with E-state index in [1.165, 1.54) is 11.1 Å². The van der Waals surface area contributed by atoms with E-state index >= 15 is 0 Å². The van der Waals surface area contributed by atoms with Crippen molar-refractivity contribution in [3.63, 3.8) is 0 Å². The van der Waals surface area contributed by atoms with Gasteiger partial charge in [0.25, 0.3) is 0 Å². The fraction of sp³-hybridized carbons (Fsp3) is 0.192. The largest absolute Gasteiger partial charge is 0.482 e. The second kappa shape index (κ2) is 9.96. The lowest BCUT2D eigenvalue weighted by Gasteiger charge is -2.18. The van der Waals surface area contributed by atoms with E-state index in [-0.39, 0.29) is 18.6 Å². The smallest absolute Gasteiger partial charge is 0.341 e. The molecule has 1 aliphatic rings. The molecule has 1 aliphatic carbocycles. The summed E-state index contributed by atoms with van der Waals surface area (Å²) in [5.41, 5.74) is 7.61. The van der Waals surface area contributed by atoms with Crippen LogP contribution in [0.1, 0.15) is 40.7 Å². The Kier molecular flexibility index (Phi) is 6.65. The van der Waals surface area contributed by atoms with E-state index in [1.807, 2.05) is 60.8 Å². The fourth-order valence-corrected chi connectivity index (χ4v) is 3.91. The van der Waals surface area contributed by atoms with Crippen molar-refractivity contribution in [1.82, 2.24) is 5.48 Å². The number of fused-ring (bicyclic) bond motifs is 1. The molecule has 0 radical (unpaired) electrons. The van der Waals surface area contributed by atoms with Crippen molar-refractivity contribution in [3.05, 3.63) is 113 Å². The van der Waals surface area contributed by atoms with Gasteiger partial charge in [-0.2, -0.15) is 0 Å². The van der Waals surface area contributed by atoms with Gasteiger partial charge < -0.3 is 9.84 Å². The number of hydrogen-bond acceptors (Lipinski definition) is 4. The number of benzene rings is 3. The third-order valence-corrected chi connectivity index (χ3v) is 5.39. The third kappa shape index (κ3) is 5.32. The molecule has 1 unspecified atom stereocenters. The first-order valence-electron chi connectivity index (χ1n) is 10.4. The molecule has 2 N–H and O–H groups in total. The van der Waals surface area contributed by atoms with Gasteiger partial charge in [0.2, 0.25) is 0 Å². The molecule has 0 bridgehead atoms. The van der Waals surface area contributed by atoms with E-state index in [9.17, 15) is 4.79 Å². The van der Waals surface area contributed by atoms with Gasteiger partial charge in [0.05, 0.1) is 0 Å². The number of allylic oxidation sites excluding steroid dienone is 1. The van der Waals surface area contributed by atoms with Gasteiger partial charge in [-0.25, -0.2) is 4.79 Å². The first-order chi connectivity index (χ1) is 15.2. The van der Waals surface area contributed by atoms with Crippen LogP contribution in [0.3, 0.4) is 0 Å². The first kappa shape index (κ1) is 20.7. The van der Waals surface area contributed by atoms with Crippen molar-refractivity contribution in [1.29, 1.82) is 0 Å². The van der Waals surface area contributed by atoms with Crippen molar-refractivity contribution in [3.8, 4) is 5.75 Å². The SMILES string of the molecule is O=C(O)COc1ccc2c(c1)CCC2C=CNOC(c1ccccc1)c1ccccc1. The van der Waals surface area contributed by atoms with Gasteiger partial charge in [0, 0.05) is 12.1 Å². The highest BCUT2D eigenvalue weighted by molar-refractivity contribution is 5.68. The number of carboxylic acids is 1. The van der Waals surface area contributed by atoms with Crippen LogP contribution in [-0.4, -0.2) is 17.7 Å². The van der Waals surface area contributed by atoms with Gasteiger partial charge in [0.1, 0.15) is 11.9 Å². The maximum Gasteiger partial charge on any atom is 0.341 e. The van der Waals surface area contributed by atoms with Crippen LogP contribution in [-0.2, 0) is 16.1 Å². The minimum Gasteiger partial charge on any atom is -0.482 e. The summed E-state index contributed by atoms with van der Waals surface area (Å²) in [7, 11) is 0. The minimum atomic E-state index is -0.975.